The standard InChI is InChI=1S/C12H11F2N3O2S2/c1-6-2-3-9(19-10(13)14)7(4-6)8(18)5-20-12-17-16-11(15)21-12/h2-4,10H,5H2,1H3,(H2,15,16). The molecule has 5 nitrogen and oxygen atoms in total. The van der Waals surface area contributed by atoms with Crippen molar-refractivity contribution < 1.29 is 18.3 Å². The number of ketones is 1. The number of rotatable bonds is 6. The van der Waals surface area contributed by atoms with Crippen molar-refractivity contribution in [1.29, 1.82) is 0 Å². The Balaban J connectivity index is 2.12. The summed E-state index contributed by atoms with van der Waals surface area (Å²) in [5, 5.41) is 7.71. The van der Waals surface area contributed by atoms with Crippen molar-refractivity contribution >= 4 is 34.0 Å². The van der Waals surface area contributed by atoms with Gasteiger partial charge in [-0.05, 0) is 19.1 Å². The summed E-state index contributed by atoms with van der Waals surface area (Å²) in [4.78, 5) is 12.2. The van der Waals surface area contributed by atoms with Gasteiger partial charge in [-0.3, -0.25) is 4.79 Å². The third-order valence-corrected chi connectivity index (χ3v) is 4.29. The first-order valence-electron chi connectivity index (χ1n) is 5.76. The molecule has 9 heteroatoms. The summed E-state index contributed by atoms with van der Waals surface area (Å²) in [6.07, 6.45) is 0. The van der Waals surface area contributed by atoms with Crippen molar-refractivity contribution in [2.75, 3.05) is 11.5 Å². The van der Waals surface area contributed by atoms with Gasteiger partial charge in [0.1, 0.15) is 5.75 Å². The zero-order valence-corrected chi connectivity index (χ0v) is 12.5. The average molecular weight is 331 g/mol. The molecule has 0 atom stereocenters. The molecule has 21 heavy (non-hydrogen) atoms. The van der Waals surface area contributed by atoms with E-state index in [1.807, 2.05) is 0 Å². The number of thioether (sulfide) groups is 1. The van der Waals surface area contributed by atoms with Crippen LogP contribution in [0.3, 0.4) is 0 Å². The number of aryl methyl sites for hydroxylation is 1. The largest absolute Gasteiger partial charge is 0.434 e. The van der Waals surface area contributed by atoms with Crippen LogP contribution in [0.2, 0.25) is 0 Å². The van der Waals surface area contributed by atoms with Crippen LogP contribution in [-0.2, 0) is 0 Å². The van der Waals surface area contributed by atoms with Crippen LogP contribution in [0, 0.1) is 6.92 Å². The maximum Gasteiger partial charge on any atom is 0.387 e. The lowest BCUT2D eigenvalue weighted by Gasteiger charge is -2.10. The molecule has 0 aliphatic carbocycles. The summed E-state index contributed by atoms with van der Waals surface area (Å²) in [5.74, 6) is -0.413. The second-order valence-electron chi connectivity index (χ2n) is 4.00. The molecule has 0 unspecified atom stereocenters. The second kappa shape index (κ2) is 6.81. The quantitative estimate of drug-likeness (QED) is 0.647. The van der Waals surface area contributed by atoms with Gasteiger partial charge in [-0.1, -0.05) is 34.7 Å². The number of benzene rings is 1. The number of anilines is 1. The van der Waals surface area contributed by atoms with Gasteiger partial charge in [0.15, 0.2) is 10.1 Å². The Morgan fingerprint density at radius 3 is 2.86 bits per heavy atom. The fourth-order valence-corrected chi connectivity index (χ4v) is 3.06. The predicted molar refractivity (Wildman–Crippen MR) is 77.2 cm³/mol. The molecule has 0 bridgehead atoms. The van der Waals surface area contributed by atoms with Crippen molar-refractivity contribution in [3.63, 3.8) is 0 Å². The van der Waals surface area contributed by atoms with E-state index in [2.05, 4.69) is 14.9 Å². The Bertz CT molecular complexity index is 649. The molecule has 0 spiro atoms. The van der Waals surface area contributed by atoms with Crippen LogP contribution in [0.1, 0.15) is 15.9 Å². The van der Waals surface area contributed by atoms with Crippen LogP contribution >= 0.6 is 23.1 Å². The highest BCUT2D eigenvalue weighted by atomic mass is 32.2. The molecule has 1 aromatic carbocycles. The van der Waals surface area contributed by atoms with Crippen molar-refractivity contribution in [3.05, 3.63) is 29.3 Å². The monoisotopic (exact) mass is 331 g/mol. The number of Topliss-reactive ketones (excluding diaryl/α,β-unsaturated/α-hetero) is 1. The van der Waals surface area contributed by atoms with Gasteiger partial charge < -0.3 is 10.5 Å². The number of halogens is 2. The highest BCUT2D eigenvalue weighted by Crippen LogP contribution is 2.27. The van der Waals surface area contributed by atoms with Crippen LogP contribution in [-0.4, -0.2) is 28.3 Å². The van der Waals surface area contributed by atoms with E-state index in [1.165, 1.54) is 12.1 Å². The van der Waals surface area contributed by atoms with Crippen LogP contribution in [0.5, 0.6) is 5.75 Å². The summed E-state index contributed by atoms with van der Waals surface area (Å²) in [6, 6.07) is 4.49. The third kappa shape index (κ3) is 4.36. The number of nitrogen functional groups attached to an aromatic ring is 1. The average Bonchev–Trinajstić information content (AvgIpc) is 2.83. The number of hydrogen-bond donors (Lipinski definition) is 1. The number of carbonyl (C=O) groups excluding carboxylic acids is 1. The van der Waals surface area contributed by atoms with E-state index >= 15 is 0 Å². The molecular weight excluding hydrogens is 320 g/mol. The Labute approximate surface area is 127 Å². The van der Waals surface area contributed by atoms with E-state index in [-0.39, 0.29) is 22.8 Å². The maximum absolute atomic E-state index is 12.3. The molecule has 0 saturated carbocycles. The van der Waals surface area contributed by atoms with Crippen molar-refractivity contribution in [3.8, 4) is 5.75 Å². The fraction of sp³-hybridized carbons (Fsp3) is 0.250. The molecule has 0 fully saturated rings. The van der Waals surface area contributed by atoms with E-state index in [4.69, 9.17) is 5.73 Å². The van der Waals surface area contributed by atoms with E-state index in [1.54, 1.807) is 13.0 Å². The molecular formula is C12H11F2N3O2S2. The van der Waals surface area contributed by atoms with Gasteiger partial charge >= 0.3 is 6.61 Å². The minimum Gasteiger partial charge on any atom is -0.434 e. The Kier molecular flexibility index (Phi) is 5.07. The number of hydrogen-bond acceptors (Lipinski definition) is 7. The minimum atomic E-state index is -2.98. The summed E-state index contributed by atoms with van der Waals surface area (Å²) < 4.78 is 29.6. The summed E-state index contributed by atoms with van der Waals surface area (Å²) in [6.45, 7) is -1.21. The van der Waals surface area contributed by atoms with Gasteiger partial charge in [0, 0.05) is 0 Å². The molecule has 1 heterocycles. The lowest BCUT2D eigenvalue weighted by molar-refractivity contribution is -0.0501. The maximum atomic E-state index is 12.3. The van der Waals surface area contributed by atoms with E-state index < -0.39 is 6.61 Å². The lowest BCUT2D eigenvalue weighted by atomic mass is 10.1. The van der Waals surface area contributed by atoms with Gasteiger partial charge in [-0.25, -0.2) is 0 Å². The van der Waals surface area contributed by atoms with Gasteiger partial charge in [0.05, 0.1) is 11.3 Å². The Hall–Kier alpha value is -1.74. The zero-order valence-electron chi connectivity index (χ0n) is 10.9. The van der Waals surface area contributed by atoms with Gasteiger partial charge in [-0.15, -0.1) is 10.2 Å². The summed E-state index contributed by atoms with van der Waals surface area (Å²) in [5.41, 5.74) is 6.35. The molecule has 2 aromatic rings. The molecule has 0 radical (unpaired) electrons. The molecule has 2 N–H and O–H groups in total. The number of ether oxygens (including phenoxy) is 1. The van der Waals surface area contributed by atoms with Gasteiger partial charge in [0.2, 0.25) is 5.13 Å². The normalized spacial score (nSPS) is 10.9. The topological polar surface area (TPSA) is 78.1 Å². The van der Waals surface area contributed by atoms with Crippen molar-refractivity contribution in [2.45, 2.75) is 17.9 Å². The van der Waals surface area contributed by atoms with Gasteiger partial charge in [-0.2, -0.15) is 8.78 Å². The first kappa shape index (κ1) is 15.6. The van der Waals surface area contributed by atoms with Crippen molar-refractivity contribution in [2.24, 2.45) is 0 Å². The summed E-state index contributed by atoms with van der Waals surface area (Å²) in [7, 11) is 0. The molecule has 2 rings (SSSR count). The number of alkyl halides is 2. The molecule has 0 amide bonds. The Morgan fingerprint density at radius 2 is 2.24 bits per heavy atom. The lowest BCUT2D eigenvalue weighted by Crippen LogP contribution is -2.10. The predicted octanol–water partition coefficient (Wildman–Crippen LogP) is 3.01. The van der Waals surface area contributed by atoms with Crippen LogP contribution in [0.25, 0.3) is 0 Å². The molecule has 0 aliphatic heterocycles. The van der Waals surface area contributed by atoms with E-state index in [0.29, 0.717) is 9.47 Å². The van der Waals surface area contributed by atoms with Crippen LogP contribution in [0.4, 0.5) is 13.9 Å². The second-order valence-corrected chi connectivity index (χ2v) is 6.23. The van der Waals surface area contributed by atoms with Crippen LogP contribution in [0.15, 0.2) is 22.5 Å². The molecule has 0 saturated heterocycles. The zero-order chi connectivity index (χ0) is 15.4. The Morgan fingerprint density at radius 1 is 1.48 bits per heavy atom. The van der Waals surface area contributed by atoms with Crippen LogP contribution < -0.4 is 10.5 Å². The SMILES string of the molecule is Cc1ccc(OC(F)F)c(C(=O)CSc2nnc(N)s2)c1. The number of nitrogens with two attached hydrogens (primary N) is 1. The van der Waals surface area contributed by atoms with E-state index in [9.17, 15) is 13.6 Å². The van der Waals surface area contributed by atoms with Crippen molar-refractivity contribution in [1.82, 2.24) is 10.2 Å². The third-order valence-electron chi connectivity index (χ3n) is 2.40. The molecule has 112 valence electrons. The highest BCUT2D eigenvalue weighted by Gasteiger charge is 2.17. The van der Waals surface area contributed by atoms with Gasteiger partial charge in [0.25, 0.3) is 0 Å². The first-order valence-corrected chi connectivity index (χ1v) is 7.56. The number of carbonyl (C=O) groups is 1. The van der Waals surface area contributed by atoms with E-state index in [0.717, 1.165) is 28.7 Å². The number of nitrogens with zero attached hydrogens (tertiary/aromatic N) is 2. The highest BCUT2D eigenvalue weighted by molar-refractivity contribution is 8.01. The first-order chi connectivity index (χ1) is 9.95. The molecule has 1 aromatic heterocycles. The minimum absolute atomic E-state index is 0.0394. The summed E-state index contributed by atoms with van der Waals surface area (Å²) >= 11 is 2.31. The smallest absolute Gasteiger partial charge is 0.387 e. The molecule has 0 aliphatic rings. The fourth-order valence-electron chi connectivity index (χ4n) is 1.54. The number of aromatic nitrogens is 2.